The molecule has 2 saturated heterocycles. The van der Waals surface area contributed by atoms with Crippen LogP contribution in [-0.2, 0) is 20.7 Å². The molecule has 1 atom stereocenters. The molecule has 3 aliphatic rings. The maximum absolute atomic E-state index is 12.3. The fourth-order valence-corrected chi connectivity index (χ4v) is 4.95. The van der Waals surface area contributed by atoms with Crippen LogP contribution in [0.15, 0.2) is 12.4 Å². The Kier molecular flexibility index (Phi) is 4.48. The van der Waals surface area contributed by atoms with E-state index >= 15 is 0 Å². The summed E-state index contributed by atoms with van der Waals surface area (Å²) in [6.45, 7) is 10.0. The standard InChI is InChI=1S/C17H28BN3O3S/c1-16(2)17(3,4)24-18(23-16)13-11-19-21(12-13)14-7-9-20(10-8-14)25(22)15-5-6-15/h11-12,14-15H,5-10H2,1-4H3. The summed E-state index contributed by atoms with van der Waals surface area (Å²) >= 11 is -0.769. The molecule has 25 heavy (non-hydrogen) atoms. The Hall–Kier alpha value is -0.535. The molecule has 0 aromatic carbocycles. The molecule has 0 amide bonds. The van der Waals surface area contributed by atoms with Crippen molar-refractivity contribution in [2.45, 2.75) is 75.9 Å². The van der Waals surface area contributed by atoms with Gasteiger partial charge in [0.05, 0.1) is 17.2 Å². The van der Waals surface area contributed by atoms with Crippen LogP contribution in [0.3, 0.4) is 0 Å². The summed E-state index contributed by atoms with van der Waals surface area (Å²) in [5.41, 5.74) is 0.304. The Morgan fingerprint density at radius 1 is 1.12 bits per heavy atom. The van der Waals surface area contributed by atoms with Gasteiger partial charge in [0.25, 0.3) is 0 Å². The van der Waals surface area contributed by atoms with Crippen LogP contribution in [0.25, 0.3) is 0 Å². The van der Waals surface area contributed by atoms with Gasteiger partial charge in [-0.05, 0) is 40.5 Å². The smallest absolute Gasteiger partial charge is 0.498 e. The van der Waals surface area contributed by atoms with Crippen LogP contribution in [-0.4, -0.2) is 55.3 Å². The van der Waals surface area contributed by atoms with Gasteiger partial charge in [0.2, 0.25) is 0 Å². The molecule has 2 aliphatic heterocycles. The van der Waals surface area contributed by atoms with Crippen molar-refractivity contribution in [1.82, 2.24) is 14.1 Å². The average Bonchev–Trinajstić information content (AvgIpc) is 3.24. The molecule has 3 fully saturated rings. The van der Waals surface area contributed by atoms with Crippen LogP contribution in [0.1, 0.15) is 59.4 Å². The van der Waals surface area contributed by atoms with Crippen LogP contribution >= 0.6 is 0 Å². The number of aromatic nitrogens is 2. The molecule has 0 bridgehead atoms. The van der Waals surface area contributed by atoms with Gasteiger partial charge in [0.1, 0.15) is 5.25 Å². The van der Waals surface area contributed by atoms with E-state index in [1.807, 2.05) is 10.9 Å². The number of piperidine rings is 1. The maximum Gasteiger partial charge on any atom is 0.498 e. The van der Waals surface area contributed by atoms with Gasteiger partial charge >= 0.3 is 7.12 Å². The SMILES string of the molecule is CC1(C)OB(c2cnn(C3CCN([S+]([O-])C4CC4)CC3)c2)OC1(C)C. The Morgan fingerprint density at radius 3 is 2.28 bits per heavy atom. The van der Waals surface area contributed by atoms with Crippen molar-refractivity contribution < 1.29 is 13.9 Å². The van der Waals surface area contributed by atoms with Crippen LogP contribution in [0.4, 0.5) is 0 Å². The molecule has 6 nitrogen and oxygen atoms in total. The fourth-order valence-electron chi connectivity index (χ4n) is 3.42. The van der Waals surface area contributed by atoms with E-state index < -0.39 is 11.4 Å². The van der Waals surface area contributed by atoms with Crippen molar-refractivity contribution in [1.29, 1.82) is 0 Å². The van der Waals surface area contributed by atoms with Gasteiger partial charge in [-0.2, -0.15) is 5.10 Å². The molecule has 0 N–H and O–H groups in total. The third-order valence-corrected chi connectivity index (χ3v) is 7.92. The zero-order valence-corrected chi connectivity index (χ0v) is 16.4. The van der Waals surface area contributed by atoms with E-state index in [0.29, 0.717) is 11.3 Å². The molecule has 4 rings (SSSR count). The van der Waals surface area contributed by atoms with Crippen LogP contribution < -0.4 is 5.46 Å². The van der Waals surface area contributed by atoms with E-state index in [4.69, 9.17) is 9.31 Å². The van der Waals surface area contributed by atoms with Gasteiger partial charge in [-0.3, -0.25) is 4.68 Å². The first-order chi connectivity index (χ1) is 11.8. The summed E-state index contributed by atoms with van der Waals surface area (Å²) in [5, 5.41) is 4.99. The van der Waals surface area contributed by atoms with E-state index in [2.05, 4.69) is 43.3 Å². The molecular formula is C17H28BN3O3S. The van der Waals surface area contributed by atoms with Crippen LogP contribution in [0.5, 0.6) is 0 Å². The quantitative estimate of drug-likeness (QED) is 0.600. The van der Waals surface area contributed by atoms with Gasteiger partial charge in [-0.1, -0.05) is 0 Å². The normalized spacial score (nSPS) is 28.4. The third kappa shape index (κ3) is 3.39. The Balaban J connectivity index is 1.38. The van der Waals surface area contributed by atoms with Crippen molar-refractivity contribution >= 4 is 23.9 Å². The van der Waals surface area contributed by atoms with Gasteiger partial charge in [-0.25, -0.2) is 0 Å². The minimum Gasteiger partial charge on any atom is -0.598 e. The van der Waals surface area contributed by atoms with Crippen molar-refractivity contribution in [3.8, 4) is 0 Å². The van der Waals surface area contributed by atoms with Gasteiger partial charge < -0.3 is 13.9 Å². The summed E-state index contributed by atoms with van der Waals surface area (Å²) in [4.78, 5) is 0. The van der Waals surface area contributed by atoms with Crippen molar-refractivity contribution in [3.63, 3.8) is 0 Å². The largest absolute Gasteiger partial charge is 0.598 e. The Morgan fingerprint density at radius 2 is 1.72 bits per heavy atom. The maximum atomic E-state index is 12.3. The summed E-state index contributed by atoms with van der Waals surface area (Å²) < 4.78 is 28.7. The zero-order valence-electron chi connectivity index (χ0n) is 15.6. The Bertz CT molecular complexity index is 610. The molecule has 0 spiro atoms. The highest BCUT2D eigenvalue weighted by Crippen LogP contribution is 2.37. The molecule has 1 aromatic heterocycles. The number of hydrogen-bond acceptors (Lipinski definition) is 5. The van der Waals surface area contributed by atoms with Crippen molar-refractivity contribution in [3.05, 3.63) is 12.4 Å². The Labute approximate surface area is 153 Å². The predicted molar refractivity (Wildman–Crippen MR) is 99.0 cm³/mol. The summed E-state index contributed by atoms with van der Waals surface area (Å²) in [7, 11) is -0.360. The second kappa shape index (κ2) is 6.27. The first-order valence-electron chi connectivity index (χ1n) is 9.32. The number of rotatable bonds is 4. The molecule has 1 unspecified atom stereocenters. The minimum absolute atomic E-state index is 0.335. The lowest BCUT2D eigenvalue weighted by Crippen LogP contribution is -2.41. The summed E-state index contributed by atoms with van der Waals surface area (Å²) in [5.74, 6) is 0. The van der Waals surface area contributed by atoms with Gasteiger partial charge in [0.15, 0.2) is 0 Å². The molecular weight excluding hydrogens is 337 g/mol. The van der Waals surface area contributed by atoms with E-state index in [9.17, 15) is 4.55 Å². The van der Waals surface area contributed by atoms with E-state index in [-0.39, 0.29) is 18.3 Å². The number of nitrogens with zero attached hydrogens (tertiary/aromatic N) is 3. The fraction of sp³-hybridized carbons (Fsp3) is 0.824. The van der Waals surface area contributed by atoms with Crippen LogP contribution in [0, 0.1) is 0 Å². The third-order valence-electron chi connectivity index (χ3n) is 6.01. The molecule has 1 aromatic rings. The van der Waals surface area contributed by atoms with Crippen molar-refractivity contribution in [2.24, 2.45) is 0 Å². The number of hydrogen-bond donors (Lipinski definition) is 0. The molecule has 0 radical (unpaired) electrons. The molecule has 3 heterocycles. The monoisotopic (exact) mass is 365 g/mol. The van der Waals surface area contributed by atoms with Gasteiger partial charge in [0, 0.05) is 55.1 Å². The summed E-state index contributed by atoms with van der Waals surface area (Å²) in [6, 6.07) is 0.364. The molecule has 1 saturated carbocycles. The second-order valence-corrected chi connectivity index (χ2v) is 10.2. The highest BCUT2D eigenvalue weighted by atomic mass is 32.2. The predicted octanol–water partition coefficient (Wildman–Crippen LogP) is 1.65. The first kappa shape index (κ1) is 17.9. The molecule has 8 heteroatoms. The lowest BCUT2D eigenvalue weighted by Gasteiger charge is -2.32. The van der Waals surface area contributed by atoms with Crippen LogP contribution in [0.2, 0.25) is 0 Å². The van der Waals surface area contributed by atoms with Gasteiger partial charge in [-0.15, -0.1) is 4.31 Å². The minimum atomic E-state index is -0.769. The van der Waals surface area contributed by atoms with Crippen molar-refractivity contribution in [2.75, 3.05) is 13.1 Å². The average molecular weight is 365 g/mol. The van der Waals surface area contributed by atoms with E-state index in [1.54, 1.807) is 0 Å². The molecule has 138 valence electrons. The zero-order chi connectivity index (χ0) is 17.8. The summed E-state index contributed by atoms with van der Waals surface area (Å²) in [6.07, 6.45) is 8.15. The topological polar surface area (TPSA) is 62.6 Å². The second-order valence-electron chi connectivity index (χ2n) is 8.48. The highest BCUT2D eigenvalue weighted by molar-refractivity contribution is 7.90. The van der Waals surface area contributed by atoms with E-state index in [0.717, 1.165) is 44.2 Å². The first-order valence-corrected chi connectivity index (χ1v) is 10.5. The molecule has 1 aliphatic carbocycles. The lowest BCUT2D eigenvalue weighted by molar-refractivity contribution is 0.00578. The van der Waals surface area contributed by atoms with E-state index in [1.165, 1.54) is 0 Å². The highest BCUT2D eigenvalue weighted by Gasteiger charge is 2.52. The lowest BCUT2D eigenvalue weighted by atomic mass is 9.82.